The molecule has 0 atom stereocenters. The van der Waals surface area contributed by atoms with E-state index in [0.29, 0.717) is 47.2 Å². The number of halogens is 4. The number of nitrogens with one attached hydrogen (secondary N) is 2. The number of nitrogens with zero attached hydrogens (tertiary/aromatic N) is 3. The van der Waals surface area contributed by atoms with Crippen molar-refractivity contribution in [1.29, 1.82) is 0 Å². The molecule has 8 bridgehead atoms. The molecule has 2 aliphatic heterocycles. The summed E-state index contributed by atoms with van der Waals surface area (Å²) in [6.07, 6.45) is 7.72. The number of aryl methyl sites for hydroxylation is 1. The van der Waals surface area contributed by atoms with Crippen LogP contribution in [-0.4, -0.2) is 32.0 Å². The van der Waals surface area contributed by atoms with Gasteiger partial charge in [-0.1, -0.05) is 140 Å². The summed E-state index contributed by atoms with van der Waals surface area (Å²) in [7, 11) is 0. The molecule has 0 spiro atoms. The molecule has 0 saturated heterocycles. The molecule has 2 aliphatic rings. The molecule has 0 fully saturated rings. The molecule has 2 N–H and O–H groups in total. The molecule has 6 nitrogen and oxygen atoms in total. The van der Waals surface area contributed by atoms with Gasteiger partial charge in [0.15, 0.2) is 23.3 Å². The maximum absolute atomic E-state index is 17.4. The second-order valence-corrected chi connectivity index (χ2v) is 17.5. The smallest absolute Gasteiger partial charge is 0.243 e. The molecule has 0 aliphatic carbocycles. The van der Waals surface area contributed by atoms with E-state index in [4.69, 9.17) is 9.97 Å². The van der Waals surface area contributed by atoms with Crippen LogP contribution in [0.2, 0.25) is 0 Å². The summed E-state index contributed by atoms with van der Waals surface area (Å²) in [6, 6.07) is 54.7. The van der Waals surface area contributed by atoms with Crippen molar-refractivity contribution in [1.82, 2.24) is 24.8 Å². The van der Waals surface area contributed by atoms with Gasteiger partial charge in [-0.05, 0) is 107 Å². The number of fused-ring (bicyclic) bond motifs is 8. The monoisotopic (exact) mass is 949 g/mol. The van der Waals surface area contributed by atoms with Crippen molar-refractivity contribution >= 4 is 51.8 Å². The average molecular weight is 950 g/mol. The van der Waals surface area contributed by atoms with Crippen molar-refractivity contribution in [3.63, 3.8) is 0 Å². The molecule has 3 aromatic heterocycles. The van der Waals surface area contributed by atoms with E-state index in [-0.39, 0.29) is 28.4 Å². The van der Waals surface area contributed by atoms with Gasteiger partial charge in [-0.2, -0.15) is 0 Å². The maximum atomic E-state index is 17.4. The Bertz CT molecular complexity index is 3780. The first-order chi connectivity index (χ1) is 35.2. The average Bonchev–Trinajstić information content (AvgIpc) is 4.23. The topological polar surface area (TPSA) is 75.6 Å². The third-order valence-corrected chi connectivity index (χ3v) is 12.9. The van der Waals surface area contributed by atoms with Gasteiger partial charge in [0.2, 0.25) is 5.91 Å². The van der Waals surface area contributed by atoms with Crippen LogP contribution in [-0.2, 0) is 11.2 Å². The molecule has 5 heterocycles. The lowest BCUT2D eigenvalue weighted by Crippen LogP contribution is -2.22. The molecule has 72 heavy (non-hydrogen) atoms. The number of rotatable bonds is 11. The van der Waals surface area contributed by atoms with Gasteiger partial charge in [0.25, 0.3) is 0 Å². The van der Waals surface area contributed by atoms with Gasteiger partial charge in [-0.3, -0.25) is 4.79 Å². The Labute approximate surface area is 412 Å². The normalized spacial score (nSPS) is 11.9. The molecule has 11 rings (SSSR count). The number of carbonyl (C=O) groups is 1. The molecule has 1 amide bonds. The highest BCUT2D eigenvalue weighted by atomic mass is 19.2. The number of benzene rings is 6. The molecular weight excluding hydrogens is 907 g/mol. The second kappa shape index (κ2) is 19.3. The number of para-hydroxylation sites is 1. The van der Waals surface area contributed by atoms with Gasteiger partial charge in [0.1, 0.15) is 0 Å². The zero-order valence-corrected chi connectivity index (χ0v) is 38.6. The quantitative estimate of drug-likeness (QED) is 0.0587. The molecule has 9 aromatic rings. The Morgan fingerprint density at radius 3 is 1.67 bits per heavy atom. The Hall–Kier alpha value is -9.15. The second-order valence-electron chi connectivity index (χ2n) is 17.5. The fraction of sp³-hybridized carbons (Fsp3) is 0.0484. The Morgan fingerprint density at radius 2 is 1.07 bits per heavy atom. The summed E-state index contributed by atoms with van der Waals surface area (Å²) in [5.41, 5.74) is 8.48. The van der Waals surface area contributed by atoms with Gasteiger partial charge in [-0.25, -0.2) is 27.5 Å². The lowest BCUT2D eigenvalue weighted by atomic mass is 9.90. The molecular formula is C62H43F4N5O. The van der Waals surface area contributed by atoms with Crippen molar-refractivity contribution in [2.45, 2.75) is 12.8 Å². The highest BCUT2D eigenvalue weighted by Gasteiger charge is 2.33. The molecule has 10 heteroatoms. The van der Waals surface area contributed by atoms with Crippen LogP contribution in [0.1, 0.15) is 40.3 Å². The molecule has 0 radical (unpaired) electrons. The van der Waals surface area contributed by atoms with Crippen LogP contribution in [0.15, 0.2) is 189 Å². The fourth-order valence-corrected chi connectivity index (χ4v) is 9.62. The maximum Gasteiger partial charge on any atom is 0.243 e. The van der Waals surface area contributed by atoms with Gasteiger partial charge in [-0.15, -0.1) is 0 Å². The first kappa shape index (κ1) is 45.3. The van der Waals surface area contributed by atoms with Crippen LogP contribution in [0.4, 0.5) is 17.6 Å². The summed E-state index contributed by atoms with van der Waals surface area (Å²) in [6.45, 7) is 3.85. The highest BCUT2D eigenvalue weighted by molar-refractivity contribution is 6.12. The van der Waals surface area contributed by atoms with Gasteiger partial charge < -0.3 is 14.9 Å². The SMILES string of the molecule is C=CC(=O)NCCCc1ccc(-c2c(F)c(F)c(C3=Cc4cc5ccc(cc6nc(cc7c(-c8ccccc8)c(-c8ccccc8)c(c(-c8ccccc8)c3n4)n7-c3ccccc3)C=C6)[nH]5)c(F)c2F)cc1. The zero-order valence-electron chi connectivity index (χ0n) is 38.6. The molecule has 0 unspecified atom stereocenters. The minimum absolute atomic E-state index is 0.0436. The van der Waals surface area contributed by atoms with Crippen molar-refractivity contribution in [3.8, 4) is 50.2 Å². The van der Waals surface area contributed by atoms with Crippen LogP contribution < -0.4 is 5.32 Å². The van der Waals surface area contributed by atoms with E-state index < -0.39 is 34.4 Å². The van der Waals surface area contributed by atoms with E-state index >= 15 is 17.6 Å². The Balaban J connectivity index is 1.26. The molecule has 350 valence electrons. The summed E-state index contributed by atoms with van der Waals surface area (Å²) >= 11 is 0. The minimum Gasteiger partial charge on any atom is -0.355 e. The van der Waals surface area contributed by atoms with E-state index in [2.05, 4.69) is 21.4 Å². The van der Waals surface area contributed by atoms with E-state index in [0.717, 1.165) is 50.2 Å². The van der Waals surface area contributed by atoms with Gasteiger partial charge in [0, 0.05) is 45.5 Å². The number of hydrogen-bond donors (Lipinski definition) is 2. The third-order valence-electron chi connectivity index (χ3n) is 12.9. The zero-order chi connectivity index (χ0) is 49.3. The number of hydrogen-bond acceptors (Lipinski definition) is 3. The summed E-state index contributed by atoms with van der Waals surface area (Å²) in [5, 5.41) is 2.71. The number of aromatic nitrogens is 4. The van der Waals surface area contributed by atoms with Crippen molar-refractivity contribution < 1.29 is 22.4 Å². The lowest BCUT2D eigenvalue weighted by molar-refractivity contribution is -0.116. The molecule has 0 saturated carbocycles. The van der Waals surface area contributed by atoms with Gasteiger partial charge in [0.05, 0.1) is 44.9 Å². The van der Waals surface area contributed by atoms with E-state index in [1.165, 1.54) is 24.3 Å². The largest absolute Gasteiger partial charge is 0.355 e. The van der Waals surface area contributed by atoms with Crippen LogP contribution >= 0.6 is 0 Å². The highest BCUT2D eigenvalue weighted by Crippen LogP contribution is 2.49. The Kier molecular flexibility index (Phi) is 12.2. The fourth-order valence-electron chi connectivity index (χ4n) is 9.62. The summed E-state index contributed by atoms with van der Waals surface area (Å²) in [4.78, 5) is 25.3. The standard InChI is InChI=1S/C62H43F4N5O/c1-2-51(72)67-33-15-16-38-25-27-42(28-26-38)54-57(63)59(65)56(60(66)58(54)64)49-36-47-35-45-30-29-43(68-45)34-44-31-32-46(69-44)37-50-52(39-17-7-3-8-18-39)53(40-19-9-4-10-20-40)62(71(50)48-23-13-6-14-24-48)55(61(49)70-47)41-21-11-5-12-22-41/h2-14,17-32,34-37,68H,1,15-16,33H2,(H,67,72). The third kappa shape index (κ3) is 8.53. The van der Waals surface area contributed by atoms with E-state index in [9.17, 15) is 4.79 Å². The van der Waals surface area contributed by atoms with Crippen LogP contribution in [0.3, 0.4) is 0 Å². The number of H-pyrrole nitrogens is 1. The first-order valence-electron chi connectivity index (χ1n) is 23.5. The van der Waals surface area contributed by atoms with Crippen LogP contribution in [0.25, 0.3) is 96.1 Å². The predicted molar refractivity (Wildman–Crippen MR) is 281 cm³/mol. The number of aromatic amines is 1. The lowest BCUT2D eigenvalue weighted by Gasteiger charge is -2.17. The molecule has 6 aromatic carbocycles. The summed E-state index contributed by atoms with van der Waals surface area (Å²) < 4.78 is 71.0. The van der Waals surface area contributed by atoms with Crippen molar-refractivity contribution in [2.24, 2.45) is 0 Å². The van der Waals surface area contributed by atoms with E-state index in [1.807, 2.05) is 158 Å². The van der Waals surface area contributed by atoms with Crippen LogP contribution in [0.5, 0.6) is 0 Å². The summed E-state index contributed by atoms with van der Waals surface area (Å²) in [5.74, 6) is -6.53. The van der Waals surface area contributed by atoms with E-state index in [1.54, 1.807) is 18.2 Å². The minimum atomic E-state index is -1.57. The van der Waals surface area contributed by atoms with Crippen molar-refractivity contribution in [2.75, 3.05) is 6.54 Å². The first-order valence-corrected chi connectivity index (χ1v) is 23.5. The number of carbonyl (C=O) groups excluding carboxylic acids is 1. The Morgan fingerprint density at radius 1 is 0.556 bits per heavy atom. The van der Waals surface area contributed by atoms with Gasteiger partial charge >= 0.3 is 0 Å². The van der Waals surface area contributed by atoms with Crippen molar-refractivity contribution in [3.05, 3.63) is 246 Å². The van der Waals surface area contributed by atoms with Crippen LogP contribution in [0, 0.1) is 23.3 Å². The number of amides is 1. The predicted octanol–water partition coefficient (Wildman–Crippen LogP) is 15.0.